The molecule has 0 aromatic heterocycles. The minimum absolute atomic E-state index is 0.177. The lowest BCUT2D eigenvalue weighted by molar-refractivity contribution is -0.142. The highest BCUT2D eigenvalue weighted by atomic mass is 19.4. The number of halogens is 6. The van der Waals surface area contributed by atoms with Crippen LogP contribution >= 0.6 is 0 Å². The van der Waals surface area contributed by atoms with Crippen LogP contribution in [-0.2, 0) is 0 Å². The van der Waals surface area contributed by atoms with Gasteiger partial charge in [-0.1, -0.05) is 6.92 Å². The zero-order valence-electron chi connectivity index (χ0n) is 9.99. The predicted molar refractivity (Wildman–Crippen MR) is 57.0 cm³/mol. The van der Waals surface area contributed by atoms with Crippen LogP contribution in [0, 0.1) is 17.5 Å². The van der Waals surface area contributed by atoms with E-state index >= 15 is 0 Å². The molecule has 0 amide bonds. The van der Waals surface area contributed by atoms with Gasteiger partial charge in [0.2, 0.25) is 0 Å². The molecule has 0 radical (unpaired) electrons. The van der Waals surface area contributed by atoms with Crippen LogP contribution in [0.1, 0.15) is 23.7 Å². The highest BCUT2D eigenvalue weighted by Gasteiger charge is 2.39. The predicted octanol–water partition coefficient (Wildman–Crippen LogP) is 3.55. The zero-order chi connectivity index (χ0) is 15.7. The molecule has 0 aliphatic carbocycles. The van der Waals surface area contributed by atoms with Gasteiger partial charge < -0.3 is 10.4 Å². The summed E-state index contributed by atoms with van der Waals surface area (Å²) in [7, 11) is 0. The SMILES string of the molecule is CC[C@@H](Nc1cc(F)c(C(=O)O)c(F)c1F)C(F)(F)F. The summed E-state index contributed by atoms with van der Waals surface area (Å²) in [5.41, 5.74) is -2.65. The van der Waals surface area contributed by atoms with Crippen molar-refractivity contribution < 1.29 is 36.2 Å². The average Bonchev–Trinajstić information content (AvgIpc) is 2.29. The summed E-state index contributed by atoms with van der Waals surface area (Å²) in [6.45, 7) is 1.14. The molecule has 9 heteroatoms. The fraction of sp³-hybridized carbons (Fsp3) is 0.364. The Labute approximate surface area is 109 Å². The van der Waals surface area contributed by atoms with Crippen LogP contribution in [0.4, 0.5) is 32.0 Å². The van der Waals surface area contributed by atoms with E-state index in [1.165, 1.54) is 0 Å². The third-order valence-electron chi connectivity index (χ3n) is 2.51. The first kappa shape index (κ1) is 16.1. The lowest BCUT2D eigenvalue weighted by Gasteiger charge is -2.21. The Morgan fingerprint density at radius 2 is 1.85 bits per heavy atom. The number of carboxylic acids is 1. The van der Waals surface area contributed by atoms with E-state index in [2.05, 4.69) is 0 Å². The number of carboxylic acid groups (broad SMARTS) is 1. The van der Waals surface area contributed by atoms with Gasteiger partial charge in [-0.3, -0.25) is 0 Å². The van der Waals surface area contributed by atoms with E-state index in [0.717, 1.165) is 6.92 Å². The van der Waals surface area contributed by atoms with Crippen LogP contribution in [-0.4, -0.2) is 23.3 Å². The van der Waals surface area contributed by atoms with E-state index in [0.29, 0.717) is 0 Å². The molecule has 1 aromatic rings. The molecule has 0 aliphatic heterocycles. The molecule has 0 saturated heterocycles. The smallest absolute Gasteiger partial charge is 0.408 e. The normalized spacial score (nSPS) is 13.2. The number of carbonyl (C=O) groups is 1. The van der Waals surface area contributed by atoms with Crippen LogP contribution in [0.5, 0.6) is 0 Å². The zero-order valence-corrected chi connectivity index (χ0v) is 9.99. The highest BCUT2D eigenvalue weighted by Crippen LogP contribution is 2.29. The molecule has 0 aliphatic rings. The second-order valence-electron chi connectivity index (χ2n) is 3.86. The molecule has 2 N–H and O–H groups in total. The van der Waals surface area contributed by atoms with Gasteiger partial charge in [0.15, 0.2) is 11.6 Å². The maximum atomic E-state index is 13.5. The van der Waals surface area contributed by atoms with E-state index in [9.17, 15) is 31.1 Å². The van der Waals surface area contributed by atoms with Crippen molar-refractivity contribution in [3.05, 3.63) is 29.1 Å². The van der Waals surface area contributed by atoms with Gasteiger partial charge in [-0.15, -0.1) is 0 Å². The molecule has 1 aromatic carbocycles. The van der Waals surface area contributed by atoms with Gasteiger partial charge in [0, 0.05) is 6.07 Å². The molecule has 0 fully saturated rings. The molecule has 0 bridgehead atoms. The summed E-state index contributed by atoms with van der Waals surface area (Å²) >= 11 is 0. The topological polar surface area (TPSA) is 49.3 Å². The number of hydrogen-bond donors (Lipinski definition) is 2. The fourth-order valence-corrected chi connectivity index (χ4v) is 1.50. The number of benzene rings is 1. The largest absolute Gasteiger partial charge is 0.477 e. The van der Waals surface area contributed by atoms with Crippen molar-refractivity contribution in [1.29, 1.82) is 0 Å². The van der Waals surface area contributed by atoms with Crippen molar-refractivity contribution in [3.8, 4) is 0 Å². The van der Waals surface area contributed by atoms with E-state index in [1.807, 2.05) is 0 Å². The van der Waals surface area contributed by atoms with Crippen LogP contribution in [0.25, 0.3) is 0 Å². The summed E-state index contributed by atoms with van der Waals surface area (Å²) in [5, 5.41) is 10.1. The number of anilines is 1. The third-order valence-corrected chi connectivity index (χ3v) is 2.51. The van der Waals surface area contributed by atoms with E-state index in [4.69, 9.17) is 5.11 Å². The number of aromatic carboxylic acids is 1. The first-order valence-electron chi connectivity index (χ1n) is 5.33. The Bertz CT molecular complexity index is 529. The number of alkyl halides is 3. The van der Waals surface area contributed by atoms with Gasteiger partial charge in [-0.05, 0) is 6.42 Å². The van der Waals surface area contributed by atoms with Crippen LogP contribution in [0.3, 0.4) is 0 Å². The van der Waals surface area contributed by atoms with E-state index < -0.39 is 53.3 Å². The molecule has 1 atom stereocenters. The Balaban J connectivity index is 3.25. The van der Waals surface area contributed by atoms with Crippen molar-refractivity contribution in [2.75, 3.05) is 5.32 Å². The molecule has 0 unspecified atom stereocenters. The Morgan fingerprint density at radius 1 is 1.30 bits per heavy atom. The van der Waals surface area contributed by atoms with Gasteiger partial charge in [-0.2, -0.15) is 13.2 Å². The number of rotatable bonds is 4. The highest BCUT2D eigenvalue weighted by molar-refractivity contribution is 5.88. The molecule has 3 nitrogen and oxygen atoms in total. The number of nitrogens with one attached hydrogen (secondary N) is 1. The first-order valence-corrected chi connectivity index (χ1v) is 5.33. The Morgan fingerprint density at radius 3 is 2.25 bits per heavy atom. The molecule has 112 valence electrons. The Hall–Kier alpha value is -1.93. The summed E-state index contributed by atoms with van der Waals surface area (Å²) < 4.78 is 77.5. The Kier molecular flexibility index (Phi) is 4.51. The average molecular weight is 301 g/mol. The molecule has 0 heterocycles. The second kappa shape index (κ2) is 5.59. The number of hydrogen-bond acceptors (Lipinski definition) is 2. The maximum Gasteiger partial charge on any atom is 0.408 e. The van der Waals surface area contributed by atoms with E-state index in [1.54, 1.807) is 5.32 Å². The monoisotopic (exact) mass is 301 g/mol. The molecule has 0 saturated carbocycles. The lowest BCUT2D eigenvalue weighted by Crippen LogP contribution is -2.36. The molecule has 1 rings (SSSR count). The summed E-state index contributed by atoms with van der Waals surface area (Å²) in [6, 6.07) is -2.04. The standard InChI is InChI=1S/C11H9F6NO2/c1-2-6(11(15,16)17)18-5-3-4(12)7(10(19)20)9(14)8(5)13/h3,6,18H,2H2,1H3,(H,19,20)/t6-/m1/s1. The van der Waals surface area contributed by atoms with Crippen molar-refractivity contribution >= 4 is 11.7 Å². The lowest BCUT2D eigenvalue weighted by atomic mass is 10.1. The van der Waals surface area contributed by atoms with Crippen molar-refractivity contribution in [3.63, 3.8) is 0 Å². The molecule has 20 heavy (non-hydrogen) atoms. The summed E-state index contributed by atoms with van der Waals surface area (Å²) in [4.78, 5) is 10.5. The van der Waals surface area contributed by atoms with E-state index in [-0.39, 0.29) is 6.07 Å². The minimum Gasteiger partial charge on any atom is -0.477 e. The van der Waals surface area contributed by atoms with Gasteiger partial charge in [-0.25, -0.2) is 18.0 Å². The third kappa shape index (κ3) is 3.14. The van der Waals surface area contributed by atoms with Gasteiger partial charge in [0.05, 0.1) is 5.69 Å². The summed E-state index contributed by atoms with van der Waals surface area (Å²) in [6.07, 6.45) is -5.26. The van der Waals surface area contributed by atoms with Crippen LogP contribution < -0.4 is 5.32 Å². The van der Waals surface area contributed by atoms with Crippen LogP contribution in [0.2, 0.25) is 0 Å². The fourth-order valence-electron chi connectivity index (χ4n) is 1.50. The van der Waals surface area contributed by atoms with Crippen molar-refractivity contribution in [2.45, 2.75) is 25.6 Å². The van der Waals surface area contributed by atoms with Crippen molar-refractivity contribution in [1.82, 2.24) is 0 Å². The maximum absolute atomic E-state index is 13.5. The summed E-state index contributed by atoms with van der Waals surface area (Å²) in [5.74, 6) is -7.67. The minimum atomic E-state index is -4.75. The molecule has 0 spiro atoms. The first-order chi connectivity index (χ1) is 9.09. The van der Waals surface area contributed by atoms with Gasteiger partial charge >= 0.3 is 12.1 Å². The molecular weight excluding hydrogens is 292 g/mol. The van der Waals surface area contributed by atoms with Gasteiger partial charge in [0.1, 0.15) is 17.4 Å². The quantitative estimate of drug-likeness (QED) is 0.660. The molecular formula is C11H9F6NO2. The van der Waals surface area contributed by atoms with Crippen molar-refractivity contribution in [2.24, 2.45) is 0 Å². The van der Waals surface area contributed by atoms with Gasteiger partial charge in [0.25, 0.3) is 0 Å². The second-order valence-corrected chi connectivity index (χ2v) is 3.86. The van der Waals surface area contributed by atoms with Crippen LogP contribution in [0.15, 0.2) is 6.07 Å².